The smallest absolute Gasteiger partial charge is 0.431 e. The molecule has 2 amide bonds. The second kappa shape index (κ2) is 9.04. The van der Waals surface area contributed by atoms with Gasteiger partial charge in [0.15, 0.2) is 0 Å². The normalized spacial score (nSPS) is 10.9. The molecule has 0 aliphatic carbocycles. The second-order valence-corrected chi connectivity index (χ2v) is 5.82. The van der Waals surface area contributed by atoms with Gasteiger partial charge >= 0.3 is 6.09 Å². The van der Waals surface area contributed by atoms with Gasteiger partial charge in [0.25, 0.3) is 0 Å². The van der Waals surface area contributed by atoms with Gasteiger partial charge in [0.2, 0.25) is 5.91 Å². The summed E-state index contributed by atoms with van der Waals surface area (Å²) < 4.78 is 5.00. The first-order valence-electron chi connectivity index (χ1n) is 7.28. The number of ether oxygens (including phenoxy) is 1. The summed E-state index contributed by atoms with van der Waals surface area (Å²) >= 11 is 0. The molecule has 0 radical (unpaired) electrons. The monoisotopic (exact) mass is 308 g/mol. The summed E-state index contributed by atoms with van der Waals surface area (Å²) in [4.78, 5) is 27.8. The highest BCUT2D eigenvalue weighted by atomic mass is 16.7. The van der Waals surface area contributed by atoms with E-state index in [4.69, 9.17) is 9.57 Å². The maximum atomic E-state index is 11.6. The van der Waals surface area contributed by atoms with Crippen LogP contribution in [0, 0.1) is 0 Å². The van der Waals surface area contributed by atoms with E-state index in [9.17, 15) is 9.59 Å². The number of nitrogens with one attached hydrogen (secondary N) is 2. The number of amides is 2. The Morgan fingerprint density at radius 3 is 2.45 bits per heavy atom. The first kappa shape index (κ1) is 18.0. The Morgan fingerprint density at radius 1 is 1.14 bits per heavy atom. The van der Waals surface area contributed by atoms with Crippen LogP contribution in [0.5, 0.6) is 0 Å². The number of hydrogen-bond donors (Lipinski definition) is 2. The minimum atomic E-state index is -0.638. The molecule has 6 nitrogen and oxygen atoms in total. The molecule has 0 bridgehead atoms. The molecule has 0 unspecified atom stereocenters. The lowest BCUT2D eigenvalue weighted by atomic mass is 10.2. The highest BCUT2D eigenvalue weighted by molar-refractivity contribution is 5.75. The summed E-state index contributed by atoms with van der Waals surface area (Å²) in [6.45, 7) is 6.06. The van der Waals surface area contributed by atoms with Crippen LogP contribution >= 0.6 is 0 Å². The van der Waals surface area contributed by atoms with Crippen molar-refractivity contribution < 1.29 is 19.2 Å². The second-order valence-electron chi connectivity index (χ2n) is 5.82. The van der Waals surface area contributed by atoms with E-state index in [1.807, 2.05) is 30.3 Å². The van der Waals surface area contributed by atoms with Gasteiger partial charge in [-0.15, -0.1) is 0 Å². The van der Waals surface area contributed by atoms with Crippen molar-refractivity contribution >= 4 is 12.0 Å². The summed E-state index contributed by atoms with van der Waals surface area (Å²) in [7, 11) is 0. The zero-order valence-corrected chi connectivity index (χ0v) is 13.3. The molecule has 0 fully saturated rings. The molecule has 0 saturated heterocycles. The van der Waals surface area contributed by atoms with E-state index in [2.05, 4.69) is 10.8 Å². The maximum Gasteiger partial charge on any atom is 0.431 e. The van der Waals surface area contributed by atoms with Gasteiger partial charge in [-0.1, -0.05) is 30.3 Å². The third kappa shape index (κ3) is 8.97. The zero-order valence-electron chi connectivity index (χ0n) is 13.3. The van der Waals surface area contributed by atoms with Crippen molar-refractivity contribution in [3.8, 4) is 0 Å². The lowest BCUT2D eigenvalue weighted by Crippen LogP contribution is -2.33. The van der Waals surface area contributed by atoms with Gasteiger partial charge in [0, 0.05) is 13.0 Å². The van der Waals surface area contributed by atoms with Crippen LogP contribution in [-0.4, -0.2) is 24.2 Å². The van der Waals surface area contributed by atoms with Crippen molar-refractivity contribution in [1.82, 2.24) is 10.8 Å². The van der Waals surface area contributed by atoms with Crippen LogP contribution in [0.4, 0.5) is 4.79 Å². The number of benzene rings is 1. The van der Waals surface area contributed by atoms with E-state index in [-0.39, 0.29) is 12.5 Å². The Labute approximate surface area is 131 Å². The van der Waals surface area contributed by atoms with E-state index in [0.29, 0.717) is 19.4 Å². The van der Waals surface area contributed by atoms with Gasteiger partial charge in [-0.3, -0.25) is 9.63 Å². The topological polar surface area (TPSA) is 76.7 Å². The van der Waals surface area contributed by atoms with Gasteiger partial charge in [0.05, 0.1) is 6.61 Å². The van der Waals surface area contributed by atoms with Gasteiger partial charge in [-0.25, -0.2) is 4.79 Å². The Balaban J connectivity index is 2.04. The van der Waals surface area contributed by atoms with Crippen LogP contribution in [0.15, 0.2) is 30.3 Å². The molecule has 0 saturated carbocycles. The molecule has 1 aromatic carbocycles. The van der Waals surface area contributed by atoms with Crippen LogP contribution in [0.3, 0.4) is 0 Å². The molecule has 122 valence electrons. The molecular weight excluding hydrogens is 284 g/mol. The first-order valence-corrected chi connectivity index (χ1v) is 7.28. The van der Waals surface area contributed by atoms with Crippen LogP contribution < -0.4 is 10.8 Å². The molecular formula is C16H24N2O4. The molecule has 0 aliphatic heterocycles. The SMILES string of the molecule is CC(C)(C)OC(=O)NOCCCC(=O)NCc1ccccc1. The predicted octanol–water partition coefficient (Wildman–Crippen LogP) is 2.54. The van der Waals surface area contributed by atoms with Crippen molar-refractivity contribution in [2.45, 2.75) is 45.8 Å². The summed E-state index contributed by atoms with van der Waals surface area (Å²) in [5, 5.41) is 2.82. The van der Waals surface area contributed by atoms with Crippen LogP contribution in [-0.2, 0) is 20.9 Å². The maximum absolute atomic E-state index is 11.6. The zero-order chi connectivity index (χ0) is 16.4. The Morgan fingerprint density at radius 2 is 1.82 bits per heavy atom. The third-order valence-electron chi connectivity index (χ3n) is 2.54. The lowest BCUT2D eigenvalue weighted by Gasteiger charge is -2.19. The quantitative estimate of drug-likeness (QED) is 0.599. The molecule has 0 heterocycles. The summed E-state index contributed by atoms with van der Waals surface area (Å²) in [5.74, 6) is -0.0512. The van der Waals surface area contributed by atoms with E-state index in [0.717, 1.165) is 5.56 Å². The molecule has 1 rings (SSSR count). The Hall–Kier alpha value is -2.08. The van der Waals surface area contributed by atoms with Gasteiger partial charge in [0.1, 0.15) is 5.60 Å². The summed E-state index contributed by atoms with van der Waals surface area (Å²) in [5.41, 5.74) is 2.67. The fraction of sp³-hybridized carbons (Fsp3) is 0.500. The van der Waals surface area contributed by atoms with Gasteiger partial charge in [-0.2, -0.15) is 5.48 Å². The highest BCUT2D eigenvalue weighted by Gasteiger charge is 2.15. The van der Waals surface area contributed by atoms with Crippen molar-refractivity contribution in [1.29, 1.82) is 0 Å². The van der Waals surface area contributed by atoms with E-state index < -0.39 is 11.7 Å². The van der Waals surface area contributed by atoms with Gasteiger partial charge < -0.3 is 10.1 Å². The summed E-state index contributed by atoms with van der Waals surface area (Å²) in [6, 6.07) is 9.69. The molecule has 2 N–H and O–H groups in total. The third-order valence-corrected chi connectivity index (χ3v) is 2.54. The van der Waals surface area contributed by atoms with Crippen LogP contribution in [0.25, 0.3) is 0 Å². The average molecular weight is 308 g/mol. The standard InChI is InChI=1S/C16H24N2O4/c1-16(2,3)22-15(20)18-21-11-7-10-14(19)17-12-13-8-5-4-6-9-13/h4-6,8-9H,7,10-12H2,1-3H3,(H,17,19)(H,18,20). The van der Waals surface area contributed by atoms with E-state index in [1.54, 1.807) is 20.8 Å². The summed E-state index contributed by atoms with van der Waals surface area (Å²) in [6.07, 6.45) is 0.209. The van der Waals surface area contributed by atoms with Crippen molar-refractivity contribution in [2.75, 3.05) is 6.61 Å². The number of carbonyl (C=O) groups is 2. The predicted molar refractivity (Wildman–Crippen MR) is 82.8 cm³/mol. The molecule has 0 spiro atoms. The first-order chi connectivity index (χ1) is 10.4. The number of hydroxylamine groups is 1. The Bertz CT molecular complexity index is 469. The average Bonchev–Trinajstić information content (AvgIpc) is 2.44. The number of carbonyl (C=O) groups excluding carboxylic acids is 2. The highest BCUT2D eigenvalue weighted by Crippen LogP contribution is 2.06. The molecule has 22 heavy (non-hydrogen) atoms. The van der Waals surface area contributed by atoms with E-state index >= 15 is 0 Å². The Kier molecular flexibility index (Phi) is 7.39. The molecule has 0 aromatic heterocycles. The fourth-order valence-corrected chi connectivity index (χ4v) is 1.60. The van der Waals surface area contributed by atoms with Gasteiger partial charge in [-0.05, 0) is 32.8 Å². The number of hydrogen-bond acceptors (Lipinski definition) is 4. The molecule has 0 atom stereocenters. The minimum Gasteiger partial charge on any atom is -0.442 e. The molecule has 0 aliphatic rings. The number of rotatable bonds is 7. The van der Waals surface area contributed by atoms with Crippen LogP contribution in [0.1, 0.15) is 39.2 Å². The fourth-order valence-electron chi connectivity index (χ4n) is 1.60. The molecule has 1 aromatic rings. The largest absolute Gasteiger partial charge is 0.442 e. The molecule has 6 heteroatoms. The van der Waals surface area contributed by atoms with Crippen molar-refractivity contribution in [2.24, 2.45) is 0 Å². The lowest BCUT2D eigenvalue weighted by molar-refractivity contribution is -0.121. The minimum absolute atomic E-state index is 0.0512. The van der Waals surface area contributed by atoms with E-state index in [1.165, 1.54) is 0 Å². The van der Waals surface area contributed by atoms with Crippen LogP contribution in [0.2, 0.25) is 0 Å². The van der Waals surface area contributed by atoms with Crippen molar-refractivity contribution in [3.63, 3.8) is 0 Å². The van der Waals surface area contributed by atoms with Crippen molar-refractivity contribution in [3.05, 3.63) is 35.9 Å².